The first-order valence-corrected chi connectivity index (χ1v) is 9.23. The molecular formula is C20H30N2O. The van der Waals surface area contributed by atoms with Gasteiger partial charge in [0, 0.05) is 6.04 Å². The highest BCUT2D eigenvalue weighted by Crippen LogP contribution is 2.40. The number of carbonyl (C=O) groups excluding carboxylic acids is 1. The molecule has 0 saturated heterocycles. The molecule has 2 aliphatic carbocycles. The molecule has 1 aromatic rings. The number of amides is 1. The van der Waals surface area contributed by atoms with Gasteiger partial charge in [0.1, 0.15) is 0 Å². The molecule has 3 nitrogen and oxygen atoms in total. The molecule has 126 valence electrons. The number of nitrogens with one attached hydrogen (secondary N) is 2. The first-order chi connectivity index (χ1) is 11.1. The number of carbonyl (C=O) groups is 1. The van der Waals surface area contributed by atoms with Crippen LogP contribution >= 0.6 is 0 Å². The van der Waals surface area contributed by atoms with E-state index in [2.05, 4.69) is 48.7 Å². The van der Waals surface area contributed by atoms with Gasteiger partial charge in [-0.05, 0) is 42.6 Å². The molecule has 4 unspecified atom stereocenters. The molecular weight excluding hydrogens is 284 g/mol. The van der Waals surface area contributed by atoms with Crippen LogP contribution in [0.2, 0.25) is 0 Å². The lowest BCUT2D eigenvalue weighted by molar-refractivity contribution is -0.121. The van der Waals surface area contributed by atoms with Crippen LogP contribution in [0.15, 0.2) is 30.3 Å². The molecule has 0 bridgehead atoms. The van der Waals surface area contributed by atoms with Crippen molar-refractivity contribution >= 4 is 5.91 Å². The lowest BCUT2D eigenvalue weighted by atomic mass is 9.78. The minimum atomic E-state index is 0.135. The summed E-state index contributed by atoms with van der Waals surface area (Å²) in [5, 5.41) is 6.77. The van der Waals surface area contributed by atoms with E-state index in [1.165, 1.54) is 37.7 Å². The molecule has 0 aliphatic heterocycles. The predicted octanol–water partition coefficient (Wildman–Crippen LogP) is 3.67. The Morgan fingerprint density at radius 2 is 1.87 bits per heavy atom. The number of benzene rings is 1. The van der Waals surface area contributed by atoms with Crippen LogP contribution in [0, 0.1) is 17.8 Å². The second kappa shape index (κ2) is 7.48. The molecule has 3 heteroatoms. The maximum Gasteiger partial charge on any atom is 0.234 e. The average Bonchev–Trinajstić information content (AvgIpc) is 3.39. The van der Waals surface area contributed by atoms with Crippen LogP contribution in [0.5, 0.6) is 0 Å². The molecule has 0 spiro atoms. The van der Waals surface area contributed by atoms with Crippen molar-refractivity contribution in [2.75, 3.05) is 6.54 Å². The van der Waals surface area contributed by atoms with Crippen molar-refractivity contribution in [3.8, 4) is 0 Å². The summed E-state index contributed by atoms with van der Waals surface area (Å²) in [5.41, 5.74) is 1.24. The molecule has 0 aromatic heterocycles. The van der Waals surface area contributed by atoms with E-state index in [-0.39, 0.29) is 11.9 Å². The SMILES string of the molecule is CC1CCCC(NCC(=O)NC(c2ccccc2)C2CC2)C1C. The van der Waals surface area contributed by atoms with Crippen LogP contribution in [0.1, 0.15) is 57.6 Å². The monoisotopic (exact) mass is 314 g/mol. The zero-order valence-corrected chi connectivity index (χ0v) is 14.4. The highest BCUT2D eigenvalue weighted by Gasteiger charge is 2.33. The van der Waals surface area contributed by atoms with Crippen molar-refractivity contribution in [2.45, 2.75) is 58.0 Å². The predicted molar refractivity (Wildman–Crippen MR) is 94.0 cm³/mol. The molecule has 2 aliphatic rings. The van der Waals surface area contributed by atoms with E-state index < -0.39 is 0 Å². The van der Waals surface area contributed by atoms with Gasteiger partial charge < -0.3 is 10.6 Å². The summed E-state index contributed by atoms with van der Waals surface area (Å²) in [5.74, 6) is 2.17. The Bertz CT molecular complexity index is 512. The third kappa shape index (κ3) is 4.35. The van der Waals surface area contributed by atoms with Crippen LogP contribution in [-0.4, -0.2) is 18.5 Å². The maximum absolute atomic E-state index is 12.4. The van der Waals surface area contributed by atoms with E-state index in [1.54, 1.807) is 0 Å². The Hall–Kier alpha value is -1.35. The number of hydrogen-bond acceptors (Lipinski definition) is 2. The van der Waals surface area contributed by atoms with Crippen molar-refractivity contribution in [3.05, 3.63) is 35.9 Å². The normalized spacial score (nSPS) is 29.0. The molecule has 2 fully saturated rings. The fraction of sp³-hybridized carbons (Fsp3) is 0.650. The Morgan fingerprint density at radius 1 is 1.13 bits per heavy atom. The fourth-order valence-electron chi connectivity index (χ4n) is 3.88. The van der Waals surface area contributed by atoms with Gasteiger partial charge in [-0.25, -0.2) is 0 Å². The Labute approximate surface area is 140 Å². The van der Waals surface area contributed by atoms with Crippen LogP contribution in [0.3, 0.4) is 0 Å². The van der Waals surface area contributed by atoms with Gasteiger partial charge in [0.15, 0.2) is 0 Å². The molecule has 3 rings (SSSR count). The summed E-state index contributed by atoms with van der Waals surface area (Å²) in [6.07, 6.45) is 6.25. The third-order valence-corrected chi connectivity index (χ3v) is 5.80. The Morgan fingerprint density at radius 3 is 2.57 bits per heavy atom. The zero-order valence-electron chi connectivity index (χ0n) is 14.4. The van der Waals surface area contributed by atoms with E-state index in [1.807, 2.05) is 6.07 Å². The zero-order chi connectivity index (χ0) is 16.2. The molecule has 1 amide bonds. The van der Waals surface area contributed by atoms with Crippen molar-refractivity contribution < 1.29 is 4.79 Å². The van der Waals surface area contributed by atoms with Crippen molar-refractivity contribution in [1.82, 2.24) is 10.6 Å². The standard InChI is InChI=1S/C20H30N2O/c1-14-7-6-10-18(15(14)2)21-13-19(23)22-20(17-11-12-17)16-8-4-3-5-9-16/h3-5,8-9,14-15,17-18,20-21H,6-7,10-13H2,1-2H3,(H,22,23). The van der Waals surface area contributed by atoms with Gasteiger partial charge in [0.25, 0.3) is 0 Å². The van der Waals surface area contributed by atoms with Gasteiger partial charge in [0.2, 0.25) is 5.91 Å². The van der Waals surface area contributed by atoms with Crippen LogP contribution in [-0.2, 0) is 4.79 Å². The summed E-state index contributed by atoms with van der Waals surface area (Å²) in [7, 11) is 0. The van der Waals surface area contributed by atoms with Crippen LogP contribution in [0.4, 0.5) is 0 Å². The summed E-state index contributed by atoms with van der Waals surface area (Å²) >= 11 is 0. The van der Waals surface area contributed by atoms with Crippen molar-refractivity contribution in [2.24, 2.45) is 17.8 Å². The van der Waals surface area contributed by atoms with Gasteiger partial charge in [-0.1, -0.05) is 57.0 Å². The molecule has 23 heavy (non-hydrogen) atoms. The third-order valence-electron chi connectivity index (χ3n) is 5.80. The molecule has 1 aromatic carbocycles. The van der Waals surface area contributed by atoms with E-state index in [4.69, 9.17) is 0 Å². The minimum absolute atomic E-state index is 0.135. The van der Waals surface area contributed by atoms with Gasteiger partial charge in [-0.2, -0.15) is 0 Å². The van der Waals surface area contributed by atoms with E-state index >= 15 is 0 Å². The lowest BCUT2D eigenvalue weighted by Crippen LogP contribution is -2.46. The van der Waals surface area contributed by atoms with Gasteiger partial charge in [-0.15, -0.1) is 0 Å². The van der Waals surface area contributed by atoms with Crippen LogP contribution < -0.4 is 10.6 Å². The highest BCUT2D eigenvalue weighted by molar-refractivity contribution is 5.78. The first-order valence-electron chi connectivity index (χ1n) is 9.23. The lowest BCUT2D eigenvalue weighted by Gasteiger charge is -2.34. The average molecular weight is 314 g/mol. The summed E-state index contributed by atoms with van der Waals surface area (Å²) in [4.78, 5) is 12.4. The van der Waals surface area contributed by atoms with Crippen molar-refractivity contribution in [1.29, 1.82) is 0 Å². The topological polar surface area (TPSA) is 41.1 Å². The summed E-state index contributed by atoms with van der Waals surface area (Å²) < 4.78 is 0. The van der Waals surface area contributed by atoms with Crippen molar-refractivity contribution in [3.63, 3.8) is 0 Å². The first kappa shape index (κ1) is 16.5. The van der Waals surface area contributed by atoms with Gasteiger partial charge in [-0.3, -0.25) is 4.79 Å². The molecule has 2 saturated carbocycles. The van der Waals surface area contributed by atoms with E-state index in [0.717, 1.165) is 5.92 Å². The number of hydrogen-bond donors (Lipinski definition) is 2. The summed E-state index contributed by atoms with van der Waals surface area (Å²) in [6.45, 7) is 5.09. The second-order valence-electron chi connectivity index (χ2n) is 7.55. The fourth-order valence-corrected chi connectivity index (χ4v) is 3.88. The molecule has 2 N–H and O–H groups in total. The van der Waals surface area contributed by atoms with E-state index in [0.29, 0.717) is 24.4 Å². The largest absolute Gasteiger partial charge is 0.348 e. The maximum atomic E-state index is 12.4. The highest BCUT2D eigenvalue weighted by atomic mass is 16.2. The Kier molecular flexibility index (Phi) is 5.37. The summed E-state index contributed by atoms with van der Waals surface area (Å²) in [6, 6.07) is 11.1. The minimum Gasteiger partial charge on any atom is -0.348 e. The quantitative estimate of drug-likeness (QED) is 0.841. The van der Waals surface area contributed by atoms with Crippen LogP contribution in [0.25, 0.3) is 0 Å². The second-order valence-corrected chi connectivity index (χ2v) is 7.55. The number of rotatable bonds is 6. The molecule has 4 atom stereocenters. The van der Waals surface area contributed by atoms with Gasteiger partial charge in [0.05, 0.1) is 12.6 Å². The smallest absolute Gasteiger partial charge is 0.234 e. The molecule has 0 radical (unpaired) electrons. The molecule has 0 heterocycles. The Balaban J connectivity index is 1.52. The van der Waals surface area contributed by atoms with E-state index in [9.17, 15) is 4.79 Å². The van der Waals surface area contributed by atoms with Gasteiger partial charge >= 0.3 is 0 Å².